The smallest absolute Gasteiger partial charge is 0.308 e. The fourth-order valence-corrected chi connectivity index (χ4v) is 4.80. The fraction of sp³-hybridized carbons (Fsp3) is 0.500. The van der Waals surface area contributed by atoms with E-state index in [0.717, 1.165) is 17.3 Å². The number of carbonyl (C=O) groups excluding carboxylic acids is 2. The lowest BCUT2D eigenvalue weighted by Gasteiger charge is -2.24. The summed E-state index contributed by atoms with van der Waals surface area (Å²) in [5.74, 6) is 1.95. The molecule has 7 heteroatoms. The molecule has 1 N–H and O–H groups in total. The summed E-state index contributed by atoms with van der Waals surface area (Å²) in [5.41, 5.74) is 0.696. The second-order valence-electron chi connectivity index (χ2n) is 5.06. The zero-order chi connectivity index (χ0) is 16.7. The molecule has 1 heterocycles. The van der Waals surface area contributed by atoms with E-state index in [1.165, 1.54) is 12.1 Å². The molecule has 23 heavy (non-hydrogen) atoms. The van der Waals surface area contributed by atoms with E-state index in [1.807, 2.05) is 0 Å². The zero-order valence-electron chi connectivity index (χ0n) is 12.9. The highest BCUT2D eigenvalue weighted by Crippen LogP contribution is 2.26. The van der Waals surface area contributed by atoms with Gasteiger partial charge in [-0.05, 0) is 24.6 Å². The van der Waals surface area contributed by atoms with E-state index < -0.39 is 6.04 Å². The Morgan fingerprint density at radius 1 is 1.35 bits per heavy atom. The summed E-state index contributed by atoms with van der Waals surface area (Å²) in [6.45, 7) is 2.03. The van der Waals surface area contributed by atoms with Crippen LogP contribution in [0.15, 0.2) is 24.3 Å². The molecule has 1 aliphatic rings. The Labute approximate surface area is 143 Å². The third-order valence-corrected chi connectivity index (χ3v) is 6.13. The van der Waals surface area contributed by atoms with Crippen LogP contribution in [0.4, 0.5) is 4.39 Å². The minimum Gasteiger partial charge on any atom is -0.466 e. The molecule has 126 valence electrons. The van der Waals surface area contributed by atoms with E-state index in [0.29, 0.717) is 5.56 Å². The van der Waals surface area contributed by atoms with Gasteiger partial charge in [-0.1, -0.05) is 12.1 Å². The summed E-state index contributed by atoms with van der Waals surface area (Å²) in [4.78, 5) is 24.2. The molecule has 1 saturated heterocycles. The van der Waals surface area contributed by atoms with Gasteiger partial charge in [0.05, 0.1) is 24.3 Å². The Morgan fingerprint density at radius 3 is 2.70 bits per heavy atom. The fourth-order valence-electron chi connectivity index (χ4n) is 2.24. The van der Waals surface area contributed by atoms with Crippen LogP contribution in [0.5, 0.6) is 0 Å². The quantitative estimate of drug-likeness (QED) is 0.794. The molecular weight excluding hydrogens is 337 g/mol. The van der Waals surface area contributed by atoms with Crippen molar-refractivity contribution in [2.45, 2.75) is 24.6 Å². The van der Waals surface area contributed by atoms with Gasteiger partial charge in [0, 0.05) is 17.3 Å². The Morgan fingerprint density at radius 2 is 2.09 bits per heavy atom. The van der Waals surface area contributed by atoms with Gasteiger partial charge in [-0.2, -0.15) is 11.8 Å². The molecule has 0 aromatic heterocycles. The van der Waals surface area contributed by atoms with Crippen molar-refractivity contribution in [3.05, 3.63) is 35.6 Å². The molecule has 0 aliphatic carbocycles. The zero-order valence-corrected chi connectivity index (χ0v) is 14.6. The summed E-state index contributed by atoms with van der Waals surface area (Å²) in [5, 5.41) is 2.80. The van der Waals surface area contributed by atoms with Gasteiger partial charge in [0.1, 0.15) is 5.82 Å². The van der Waals surface area contributed by atoms with Gasteiger partial charge >= 0.3 is 5.97 Å². The molecular formula is C16H20FNO3S2. The average Bonchev–Trinajstić information content (AvgIpc) is 2.56. The molecule has 1 aromatic carbocycles. The van der Waals surface area contributed by atoms with Crippen LogP contribution in [0.3, 0.4) is 0 Å². The topological polar surface area (TPSA) is 55.4 Å². The molecule has 0 saturated carbocycles. The standard InChI is InChI=1S/C16H20FNO3S2/c1-2-21-15(19)9-13(11-3-5-12(17)6-4-11)18-16(20)14-10-22-7-8-23-14/h3-6,13-14H,2,7-10H2,1H3,(H,18,20)/t13-,14+/m0/s1. The number of carbonyl (C=O) groups is 2. The van der Waals surface area contributed by atoms with Crippen molar-refractivity contribution in [3.8, 4) is 0 Å². The number of hydrogen-bond acceptors (Lipinski definition) is 5. The number of thioether (sulfide) groups is 2. The molecule has 1 fully saturated rings. The molecule has 4 nitrogen and oxygen atoms in total. The van der Waals surface area contributed by atoms with E-state index in [4.69, 9.17) is 4.74 Å². The second-order valence-corrected chi connectivity index (χ2v) is 7.52. The van der Waals surface area contributed by atoms with Gasteiger partial charge in [0.15, 0.2) is 0 Å². The van der Waals surface area contributed by atoms with Crippen LogP contribution in [0.25, 0.3) is 0 Å². The Balaban J connectivity index is 2.07. The van der Waals surface area contributed by atoms with Crippen molar-refractivity contribution in [1.82, 2.24) is 5.32 Å². The number of halogens is 1. The van der Waals surface area contributed by atoms with Gasteiger partial charge in [-0.25, -0.2) is 4.39 Å². The number of nitrogens with one attached hydrogen (secondary N) is 1. The number of esters is 1. The van der Waals surface area contributed by atoms with E-state index in [-0.39, 0.29) is 36.0 Å². The van der Waals surface area contributed by atoms with E-state index in [9.17, 15) is 14.0 Å². The van der Waals surface area contributed by atoms with Crippen LogP contribution in [0.2, 0.25) is 0 Å². The number of hydrogen-bond donors (Lipinski definition) is 1. The monoisotopic (exact) mass is 357 g/mol. The Kier molecular flexibility index (Phi) is 7.23. The van der Waals surface area contributed by atoms with E-state index in [1.54, 1.807) is 42.6 Å². The van der Waals surface area contributed by atoms with Crippen molar-refractivity contribution in [2.24, 2.45) is 0 Å². The number of rotatable bonds is 6. The molecule has 1 aromatic rings. The molecule has 0 unspecified atom stereocenters. The largest absolute Gasteiger partial charge is 0.466 e. The van der Waals surface area contributed by atoms with Gasteiger partial charge in [-0.15, -0.1) is 11.8 Å². The van der Waals surface area contributed by atoms with Crippen LogP contribution in [0.1, 0.15) is 24.9 Å². The first kappa shape index (κ1) is 18.1. The van der Waals surface area contributed by atoms with E-state index in [2.05, 4.69) is 5.32 Å². The maximum absolute atomic E-state index is 13.1. The van der Waals surface area contributed by atoms with Gasteiger partial charge in [0.2, 0.25) is 5.91 Å². The van der Waals surface area contributed by atoms with Crippen LogP contribution in [0, 0.1) is 5.82 Å². The third kappa shape index (κ3) is 5.73. The Bertz CT molecular complexity index is 533. The molecule has 0 bridgehead atoms. The summed E-state index contributed by atoms with van der Waals surface area (Å²) >= 11 is 3.39. The first-order chi connectivity index (χ1) is 11.1. The highest BCUT2D eigenvalue weighted by atomic mass is 32.2. The molecule has 2 atom stereocenters. The van der Waals surface area contributed by atoms with Crippen LogP contribution >= 0.6 is 23.5 Å². The van der Waals surface area contributed by atoms with Gasteiger partial charge in [-0.3, -0.25) is 9.59 Å². The first-order valence-electron chi connectivity index (χ1n) is 7.51. The lowest BCUT2D eigenvalue weighted by Crippen LogP contribution is -2.39. The van der Waals surface area contributed by atoms with Crippen molar-refractivity contribution in [1.29, 1.82) is 0 Å². The minimum atomic E-state index is -0.505. The van der Waals surface area contributed by atoms with Gasteiger partial charge in [0.25, 0.3) is 0 Å². The van der Waals surface area contributed by atoms with Crippen molar-refractivity contribution in [3.63, 3.8) is 0 Å². The summed E-state index contributed by atoms with van der Waals surface area (Å²) in [6, 6.07) is 5.31. The number of amides is 1. The number of benzene rings is 1. The lowest BCUT2D eigenvalue weighted by molar-refractivity contribution is -0.143. The van der Waals surface area contributed by atoms with Crippen molar-refractivity contribution in [2.75, 3.05) is 23.9 Å². The second kappa shape index (κ2) is 9.17. The molecule has 1 aliphatic heterocycles. The van der Waals surface area contributed by atoms with Gasteiger partial charge < -0.3 is 10.1 Å². The van der Waals surface area contributed by atoms with Crippen LogP contribution in [-0.2, 0) is 14.3 Å². The Hall–Kier alpha value is -1.21. The van der Waals surface area contributed by atoms with Crippen LogP contribution in [-0.4, -0.2) is 41.0 Å². The first-order valence-corrected chi connectivity index (χ1v) is 9.71. The molecule has 1 amide bonds. The predicted octanol–water partition coefficient (Wildman–Crippen LogP) is 2.78. The van der Waals surface area contributed by atoms with E-state index >= 15 is 0 Å². The van der Waals surface area contributed by atoms with Crippen LogP contribution < -0.4 is 5.32 Å². The predicted molar refractivity (Wildman–Crippen MR) is 92.1 cm³/mol. The summed E-state index contributed by atoms with van der Waals surface area (Å²) < 4.78 is 18.1. The molecule has 0 radical (unpaired) electrons. The molecule has 2 rings (SSSR count). The normalized spacial score (nSPS) is 19.0. The maximum Gasteiger partial charge on any atom is 0.308 e. The lowest BCUT2D eigenvalue weighted by atomic mass is 10.0. The SMILES string of the molecule is CCOC(=O)C[C@H](NC(=O)[C@H]1CSCCS1)c1ccc(F)cc1. The van der Waals surface area contributed by atoms with Crippen molar-refractivity contribution < 1.29 is 18.7 Å². The highest BCUT2D eigenvalue weighted by Gasteiger charge is 2.26. The van der Waals surface area contributed by atoms with Crippen molar-refractivity contribution >= 4 is 35.4 Å². The average molecular weight is 357 g/mol. The minimum absolute atomic E-state index is 0.0374. The summed E-state index contributed by atoms with van der Waals surface area (Å²) in [6.07, 6.45) is 0.0374. The maximum atomic E-state index is 13.1. The molecule has 0 spiro atoms. The third-order valence-electron chi connectivity index (χ3n) is 3.37. The number of ether oxygens (including phenoxy) is 1. The summed E-state index contributed by atoms with van der Waals surface area (Å²) in [7, 11) is 0. The highest BCUT2D eigenvalue weighted by molar-refractivity contribution is 8.07.